The summed E-state index contributed by atoms with van der Waals surface area (Å²) < 4.78 is 0. The van der Waals surface area contributed by atoms with Crippen LogP contribution in [-0.4, -0.2) is 25.1 Å². The van der Waals surface area contributed by atoms with Crippen molar-refractivity contribution in [1.82, 2.24) is 5.32 Å². The van der Waals surface area contributed by atoms with Crippen molar-refractivity contribution in [1.29, 1.82) is 0 Å². The number of hydrogen-bond donors (Lipinski definition) is 1. The van der Waals surface area contributed by atoms with E-state index in [1.807, 2.05) is 66.8 Å². The molecule has 0 atom stereocenters. The minimum absolute atomic E-state index is 0.129. The van der Waals surface area contributed by atoms with Crippen molar-refractivity contribution in [2.45, 2.75) is 0 Å². The zero-order valence-corrected chi connectivity index (χ0v) is 13.9. The fourth-order valence-corrected chi connectivity index (χ4v) is 3.14. The Morgan fingerprint density at radius 3 is 2.55 bits per heavy atom. The van der Waals surface area contributed by atoms with Gasteiger partial charge in [-0.3, -0.25) is 9.69 Å². The molecule has 1 aromatic carbocycles. The first-order valence-electron chi connectivity index (χ1n) is 6.74. The maximum absolute atomic E-state index is 12.6. The van der Waals surface area contributed by atoms with Gasteiger partial charge in [0.25, 0.3) is 5.91 Å². The molecule has 2 heterocycles. The molecule has 1 amide bonds. The van der Waals surface area contributed by atoms with Gasteiger partial charge >= 0.3 is 0 Å². The first-order chi connectivity index (χ1) is 10.6. The average Bonchev–Trinajstić information content (AvgIpc) is 3.09. The third kappa shape index (κ3) is 2.75. The lowest BCUT2D eigenvalue weighted by Gasteiger charge is -2.17. The molecule has 0 bridgehead atoms. The van der Waals surface area contributed by atoms with Crippen LogP contribution in [0.25, 0.3) is 6.08 Å². The van der Waals surface area contributed by atoms with Gasteiger partial charge in [-0.25, -0.2) is 0 Å². The van der Waals surface area contributed by atoms with E-state index >= 15 is 0 Å². The topological polar surface area (TPSA) is 35.6 Å². The monoisotopic (exact) mass is 329 g/mol. The van der Waals surface area contributed by atoms with Crippen molar-refractivity contribution >= 4 is 52.0 Å². The van der Waals surface area contributed by atoms with Gasteiger partial charge in [0, 0.05) is 24.7 Å². The SMILES string of the molecule is CN(C)c1ccc(N2C(=O)/C(=C/c3cccs3)NC2=S)cc1. The van der Waals surface area contributed by atoms with Crippen LogP contribution in [-0.2, 0) is 4.79 Å². The molecule has 0 spiro atoms. The molecule has 1 aliphatic rings. The Morgan fingerprint density at radius 2 is 1.95 bits per heavy atom. The fourth-order valence-electron chi connectivity index (χ4n) is 2.19. The van der Waals surface area contributed by atoms with Crippen molar-refractivity contribution in [2.24, 2.45) is 0 Å². The highest BCUT2D eigenvalue weighted by atomic mass is 32.1. The van der Waals surface area contributed by atoms with Crippen LogP contribution in [0.2, 0.25) is 0 Å². The standard InChI is InChI=1S/C16H15N3OS2/c1-18(2)11-5-7-12(8-6-11)19-15(20)14(17-16(19)21)10-13-4-3-9-22-13/h3-10H,1-2H3,(H,17,21)/b14-10-. The summed E-state index contributed by atoms with van der Waals surface area (Å²) >= 11 is 6.88. The van der Waals surface area contributed by atoms with Crippen molar-refractivity contribution in [3.05, 3.63) is 52.4 Å². The van der Waals surface area contributed by atoms with Crippen molar-refractivity contribution in [2.75, 3.05) is 23.9 Å². The minimum atomic E-state index is -0.129. The maximum atomic E-state index is 12.6. The highest BCUT2D eigenvalue weighted by Gasteiger charge is 2.31. The van der Waals surface area contributed by atoms with Gasteiger partial charge in [-0.15, -0.1) is 11.3 Å². The van der Waals surface area contributed by atoms with E-state index < -0.39 is 0 Å². The number of anilines is 2. The lowest BCUT2D eigenvalue weighted by molar-refractivity contribution is -0.113. The van der Waals surface area contributed by atoms with Gasteiger partial charge in [-0.1, -0.05) is 6.07 Å². The molecule has 0 unspecified atom stereocenters. The first kappa shape index (κ1) is 14.7. The second kappa shape index (κ2) is 5.90. The number of carbonyl (C=O) groups is 1. The summed E-state index contributed by atoms with van der Waals surface area (Å²) in [5, 5.41) is 5.37. The third-order valence-electron chi connectivity index (χ3n) is 3.33. The number of benzene rings is 1. The second-order valence-corrected chi connectivity index (χ2v) is 6.42. The summed E-state index contributed by atoms with van der Waals surface area (Å²) in [6, 6.07) is 11.6. The Bertz CT molecular complexity index is 733. The van der Waals surface area contributed by atoms with E-state index in [4.69, 9.17) is 12.2 Å². The zero-order chi connectivity index (χ0) is 15.7. The number of thiophene rings is 1. The van der Waals surface area contributed by atoms with E-state index in [2.05, 4.69) is 5.32 Å². The molecule has 0 radical (unpaired) electrons. The molecule has 4 nitrogen and oxygen atoms in total. The van der Waals surface area contributed by atoms with E-state index in [0.717, 1.165) is 16.3 Å². The average molecular weight is 329 g/mol. The predicted octanol–water partition coefficient (Wildman–Crippen LogP) is 3.08. The Morgan fingerprint density at radius 1 is 1.23 bits per heavy atom. The first-order valence-corrected chi connectivity index (χ1v) is 8.03. The lowest BCUT2D eigenvalue weighted by Crippen LogP contribution is -2.30. The van der Waals surface area contributed by atoms with E-state index in [1.54, 1.807) is 11.3 Å². The molecular weight excluding hydrogens is 314 g/mol. The highest BCUT2D eigenvalue weighted by Crippen LogP contribution is 2.25. The Hall–Kier alpha value is -2.18. The molecule has 1 aliphatic heterocycles. The van der Waals surface area contributed by atoms with E-state index in [1.165, 1.54) is 4.90 Å². The number of hydrogen-bond acceptors (Lipinski definition) is 4. The molecule has 6 heteroatoms. The molecule has 22 heavy (non-hydrogen) atoms. The Labute approximate surface area is 138 Å². The van der Waals surface area contributed by atoms with Crippen molar-refractivity contribution in [3.63, 3.8) is 0 Å². The third-order valence-corrected chi connectivity index (χ3v) is 4.44. The van der Waals surface area contributed by atoms with Gasteiger partial charge in [0.2, 0.25) is 0 Å². The normalized spacial score (nSPS) is 16.3. The van der Waals surface area contributed by atoms with Gasteiger partial charge in [0.15, 0.2) is 5.11 Å². The zero-order valence-electron chi connectivity index (χ0n) is 12.2. The molecule has 3 rings (SSSR count). The second-order valence-electron chi connectivity index (χ2n) is 5.05. The Balaban J connectivity index is 1.88. The minimum Gasteiger partial charge on any atom is -0.378 e. The summed E-state index contributed by atoms with van der Waals surface area (Å²) in [6.45, 7) is 0. The molecule has 1 fully saturated rings. The molecule has 0 aliphatic carbocycles. The summed E-state index contributed by atoms with van der Waals surface area (Å²) in [7, 11) is 3.95. The van der Waals surface area contributed by atoms with Gasteiger partial charge in [0.1, 0.15) is 5.70 Å². The van der Waals surface area contributed by atoms with Crippen LogP contribution >= 0.6 is 23.6 Å². The summed E-state index contributed by atoms with van der Waals surface area (Å²) in [5.74, 6) is -0.129. The number of nitrogens with one attached hydrogen (secondary N) is 1. The molecule has 1 saturated heterocycles. The quantitative estimate of drug-likeness (QED) is 0.693. The van der Waals surface area contributed by atoms with Gasteiger partial charge < -0.3 is 10.2 Å². The Kier molecular flexibility index (Phi) is 3.96. The molecular formula is C16H15N3OS2. The molecule has 1 N–H and O–H groups in total. The summed E-state index contributed by atoms with van der Waals surface area (Å²) in [4.78, 5) is 17.1. The maximum Gasteiger partial charge on any atom is 0.281 e. The van der Waals surface area contributed by atoms with Crippen LogP contribution in [0.5, 0.6) is 0 Å². The van der Waals surface area contributed by atoms with E-state index in [9.17, 15) is 4.79 Å². The number of rotatable bonds is 3. The van der Waals surface area contributed by atoms with Gasteiger partial charge in [0.05, 0.1) is 5.69 Å². The smallest absolute Gasteiger partial charge is 0.281 e. The number of thiocarbonyl (C=S) groups is 1. The fraction of sp³-hybridized carbons (Fsp3) is 0.125. The highest BCUT2D eigenvalue weighted by molar-refractivity contribution is 7.80. The number of nitrogens with zero attached hydrogens (tertiary/aromatic N) is 2. The van der Waals surface area contributed by atoms with Crippen molar-refractivity contribution < 1.29 is 4.79 Å². The molecule has 112 valence electrons. The number of amides is 1. The summed E-state index contributed by atoms with van der Waals surface area (Å²) in [6.07, 6.45) is 1.83. The van der Waals surface area contributed by atoms with Gasteiger partial charge in [-0.2, -0.15) is 0 Å². The molecule has 1 aromatic heterocycles. The van der Waals surface area contributed by atoms with Crippen LogP contribution < -0.4 is 15.1 Å². The lowest BCUT2D eigenvalue weighted by atomic mass is 10.2. The van der Waals surface area contributed by atoms with Crippen LogP contribution in [0, 0.1) is 0 Å². The van der Waals surface area contributed by atoms with Gasteiger partial charge in [-0.05, 0) is 54.0 Å². The predicted molar refractivity (Wildman–Crippen MR) is 96.3 cm³/mol. The van der Waals surface area contributed by atoms with Crippen LogP contribution in [0.4, 0.5) is 11.4 Å². The molecule has 0 saturated carbocycles. The largest absolute Gasteiger partial charge is 0.378 e. The van der Waals surface area contributed by atoms with Crippen LogP contribution in [0.3, 0.4) is 0 Å². The van der Waals surface area contributed by atoms with Crippen LogP contribution in [0.1, 0.15) is 4.88 Å². The van der Waals surface area contributed by atoms with E-state index in [0.29, 0.717) is 10.8 Å². The van der Waals surface area contributed by atoms with Crippen molar-refractivity contribution in [3.8, 4) is 0 Å². The number of carbonyl (C=O) groups excluding carboxylic acids is 1. The molecule has 2 aromatic rings. The summed E-state index contributed by atoms with van der Waals surface area (Å²) in [5.41, 5.74) is 2.34. The van der Waals surface area contributed by atoms with E-state index in [-0.39, 0.29) is 5.91 Å². The van der Waals surface area contributed by atoms with Crippen LogP contribution in [0.15, 0.2) is 47.5 Å².